The van der Waals surface area contributed by atoms with Gasteiger partial charge in [-0.25, -0.2) is 0 Å². The van der Waals surface area contributed by atoms with Gasteiger partial charge in [-0.05, 0) is 26.2 Å². The Labute approximate surface area is 98.3 Å². The lowest BCUT2D eigenvalue weighted by Gasteiger charge is -2.32. The lowest BCUT2D eigenvalue weighted by atomic mass is 10.1. The number of nitrogens with one attached hydrogen (secondary N) is 1. The van der Waals surface area contributed by atoms with Crippen LogP contribution in [0.4, 0.5) is 13.2 Å². The van der Waals surface area contributed by atoms with Crippen molar-refractivity contribution in [1.29, 1.82) is 0 Å². The lowest BCUT2D eigenvalue weighted by Crippen LogP contribution is -2.53. The molecule has 2 fully saturated rings. The summed E-state index contributed by atoms with van der Waals surface area (Å²) < 4.78 is 39.0. The summed E-state index contributed by atoms with van der Waals surface area (Å²) in [6.45, 7) is 3.54. The second-order valence-electron chi connectivity index (χ2n) is 4.92. The van der Waals surface area contributed by atoms with Crippen molar-refractivity contribution in [2.24, 2.45) is 0 Å². The van der Waals surface area contributed by atoms with E-state index in [4.69, 9.17) is 0 Å². The maximum atomic E-state index is 13.0. The number of carbonyl (C=O) groups excluding carboxylic acids is 1. The molecule has 0 radical (unpaired) electrons. The highest BCUT2D eigenvalue weighted by molar-refractivity contribution is 5.85. The molecule has 0 aromatic heterocycles. The molecule has 2 unspecified atom stereocenters. The molecule has 0 aromatic carbocycles. The van der Waals surface area contributed by atoms with Crippen LogP contribution in [0.3, 0.4) is 0 Å². The molecule has 6 heteroatoms. The zero-order chi connectivity index (χ0) is 12.8. The smallest absolute Gasteiger partial charge is 0.311 e. The van der Waals surface area contributed by atoms with Crippen LogP contribution >= 0.6 is 0 Å². The summed E-state index contributed by atoms with van der Waals surface area (Å²) in [4.78, 5) is 13.0. The van der Waals surface area contributed by atoms with Crippen molar-refractivity contribution in [3.8, 4) is 0 Å². The van der Waals surface area contributed by atoms with Crippen molar-refractivity contribution in [2.45, 2.75) is 63.5 Å². The summed E-state index contributed by atoms with van der Waals surface area (Å²) in [5.41, 5.74) is -1.89. The van der Waals surface area contributed by atoms with Crippen molar-refractivity contribution in [3.63, 3.8) is 0 Å². The van der Waals surface area contributed by atoms with E-state index in [9.17, 15) is 18.0 Å². The first kappa shape index (κ1) is 12.7. The molecule has 2 atom stereocenters. The molecule has 0 spiro atoms. The van der Waals surface area contributed by atoms with Crippen LogP contribution in [0.25, 0.3) is 0 Å². The van der Waals surface area contributed by atoms with E-state index in [1.165, 1.54) is 0 Å². The zero-order valence-corrected chi connectivity index (χ0v) is 9.97. The maximum Gasteiger partial charge on any atom is 0.411 e. The van der Waals surface area contributed by atoms with E-state index in [1.807, 2.05) is 6.92 Å². The van der Waals surface area contributed by atoms with Crippen LogP contribution in [-0.2, 0) is 4.79 Å². The molecule has 1 aliphatic carbocycles. The predicted molar refractivity (Wildman–Crippen MR) is 56.2 cm³/mol. The van der Waals surface area contributed by atoms with E-state index in [2.05, 4.69) is 5.32 Å². The molecule has 0 aromatic rings. The minimum atomic E-state index is -4.32. The number of rotatable bonds is 3. The van der Waals surface area contributed by atoms with E-state index in [0.717, 1.165) is 11.3 Å². The maximum absolute atomic E-state index is 13.0. The van der Waals surface area contributed by atoms with E-state index < -0.39 is 29.8 Å². The fraction of sp³-hybridized carbons (Fsp3) is 0.909. The lowest BCUT2D eigenvalue weighted by molar-refractivity contribution is -0.201. The number of alkyl halides is 3. The number of carbonyl (C=O) groups is 1. The summed E-state index contributed by atoms with van der Waals surface area (Å²) in [6.07, 6.45) is -3.40. The summed E-state index contributed by atoms with van der Waals surface area (Å²) in [6, 6.07) is -0.449. The molecule has 98 valence electrons. The molecule has 1 saturated heterocycles. The minimum Gasteiger partial charge on any atom is -0.311 e. The molecule has 1 heterocycles. The van der Waals surface area contributed by atoms with Crippen LogP contribution < -0.4 is 5.32 Å². The summed E-state index contributed by atoms with van der Waals surface area (Å²) >= 11 is 0. The Kier molecular flexibility index (Phi) is 2.88. The van der Waals surface area contributed by atoms with Gasteiger partial charge in [0.05, 0.1) is 12.2 Å². The predicted octanol–water partition coefficient (Wildman–Crippen LogP) is 2.03. The standard InChI is InChI=1S/C11H17F3N2O/c1-3-4-8-9(17)16(7(2)15-8)10(5-6-10)11(12,13)14/h7-8,15H,3-6H2,1-2H3. The van der Waals surface area contributed by atoms with Crippen LogP contribution in [0.5, 0.6) is 0 Å². The fourth-order valence-electron chi connectivity index (χ4n) is 2.65. The molecular weight excluding hydrogens is 233 g/mol. The third kappa shape index (κ3) is 1.82. The van der Waals surface area contributed by atoms with Crippen molar-refractivity contribution < 1.29 is 18.0 Å². The van der Waals surface area contributed by atoms with Crippen molar-refractivity contribution in [3.05, 3.63) is 0 Å². The molecule has 17 heavy (non-hydrogen) atoms. The van der Waals surface area contributed by atoms with Gasteiger partial charge in [-0.15, -0.1) is 0 Å². The third-order valence-corrected chi connectivity index (χ3v) is 3.65. The first-order valence-electron chi connectivity index (χ1n) is 5.99. The Balaban J connectivity index is 2.20. The Bertz CT molecular complexity index is 325. The number of halogens is 3. The SMILES string of the molecule is CCCC1NC(C)N(C2(C(F)(F)F)CC2)C1=O. The van der Waals surface area contributed by atoms with Gasteiger partial charge in [0, 0.05) is 0 Å². The summed E-state index contributed by atoms with van der Waals surface area (Å²) in [5.74, 6) is -0.394. The molecule has 1 aliphatic heterocycles. The van der Waals surface area contributed by atoms with Crippen LogP contribution in [0.1, 0.15) is 39.5 Å². The van der Waals surface area contributed by atoms with Crippen molar-refractivity contribution in [1.82, 2.24) is 10.2 Å². The van der Waals surface area contributed by atoms with Gasteiger partial charge in [0.25, 0.3) is 0 Å². The molecule has 3 nitrogen and oxygen atoms in total. The van der Waals surface area contributed by atoms with Crippen LogP contribution in [0.2, 0.25) is 0 Å². The van der Waals surface area contributed by atoms with E-state index >= 15 is 0 Å². The summed E-state index contributed by atoms with van der Waals surface area (Å²) in [5, 5.41) is 2.95. The van der Waals surface area contributed by atoms with Gasteiger partial charge in [-0.2, -0.15) is 13.2 Å². The van der Waals surface area contributed by atoms with E-state index in [0.29, 0.717) is 6.42 Å². The topological polar surface area (TPSA) is 32.3 Å². The van der Waals surface area contributed by atoms with Crippen LogP contribution in [0.15, 0.2) is 0 Å². The molecular formula is C11H17F3N2O. The molecule has 0 bridgehead atoms. The second kappa shape index (κ2) is 3.86. The highest BCUT2D eigenvalue weighted by atomic mass is 19.4. The zero-order valence-electron chi connectivity index (χ0n) is 9.97. The molecule has 2 aliphatic rings. The monoisotopic (exact) mass is 250 g/mol. The van der Waals surface area contributed by atoms with Gasteiger partial charge >= 0.3 is 6.18 Å². The number of amides is 1. The summed E-state index contributed by atoms with van der Waals surface area (Å²) in [7, 11) is 0. The Hall–Kier alpha value is -0.780. The number of hydrogen-bond donors (Lipinski definition) is 1. The van der Waals surface area contributed by atoms with Gasteiger partial charge in [0.2, 0.25) is 5.91 Å². The first-order chi connectivity index (χ1) is 7.83. The highest BCUT2D eigenvalue weighted by Gasteiger charge is 2.70. The van der Waals surface area contributed by atoms with Gasteiger partial charge in [-0.1, -0.05) is 13.3 Å². The second-order valence-corrected chi connectivity index (χ2v) is 4.92. The van der Waals surface area contributed by atoms with Gasteiger partial charge in [0.15, 0.2) is 0 Å². The molecule has 1 saturated carbocycles. The normalized spacial score (nSPS) is 32.1. The fourth-order valence-corrected chi connectivity index (χ4v) is 2.65. The highest BCUT2D eigenvalue weighted by Crippen LogP contribution is 2.55. The largest absolute Gasteiger partial charge is 0.411 e. The number of nitrogens with zero attached hydrogens (tertiary/aromatic N) is 1. The van der Waals surface area contributed by atoms with Crippen molar-refractivity contribution in [2.75, 3.05) is 0 Å². The van der Waals surface area contributed by atoms with E-state index in [1.54, 1.807) is 6.92 Å². The van der Waals surface area contributed by atoms with Gasteiger partial charge < -0.3 is 4.90 Å². The first-order valence-corrected chi connectivity index (χ1v) is 5.99. The quantitative estimate of drug-likeness (QED) is 0.831. The third-order valence-electron chi connectivity index (χ3n) is 3.65. The van der Waals surface area contributed by atoms with Gasteiger partial charge in [0.1, 0.15) is 5.54 Å². The van der Waals surface area contributed by atoms with Crippen LogP contribution in [0, 0.1) is 0 Å². The Morgan fingerprint density at radius 1 is 1.47 bits per heavy atom. The van der Waals surface area contributed by atoms with Crippen molar-refractivity contribution >= 4 is 5.91 Å². The van der Waals surface area contributed by atoms with E-state index in [-0.39, 0.29) is 12.8 Å². The Morgan fingerprint density at radius 3 is 2.47 bits per heavy atom. The van der Waals surface area contributed by atoms with Gasteiger partial charge in [-0.3, -0.25) is 10.1 Å². The molecule has 1 N–H and O–H groups in total. The molecule has 1 amide bonds. The Morgan fingerprint density at radius 2 is 2.06 bits per heavy atom. The average Bonchev–Trinajstić information content (AvgIpc) is 2.93. The number of hydrogen-bond acceptors (Lipinski definition) is 2. The average molecular weight is 250 g/mol. The van der Waals surface area contributed by atoms with Crippen LogP contribution in [-0.4, -0.2) is 34.7 Å². The molecule has 2 rings (SSSR count). The minimum absolute atomic E-state index is 0.0348.